The second-order valence-corrected chi connectivity index (χ2v) is 6.89. The molecule has 4 amide bonds. The fourth-order valence-electron chi connectivity index (χ4n) is 3.47. The topological polar surface area (TPSA) is 118 Å². The number of hydrogen-bond acceptors (Lipinski definition) is 6. The number of hydrogen-bond donors (Lipinski definition) is 2. The zero-order valence-corrected chi connectivity index (χ0v) is 15.7. The van der Waals surface area contributed by atoms with Crippen molar-refractivity contribution in [3.8, 4) is 0 Å². The number of rotatable bonds is 4. The minimum absolute atomic E-state index is 0.0767. The van der Waals surface area contributed by atoms with Crippen LogP contribution in [0.1, 0.15) is 40.6 Å². The third kappa shape index (κ3) is 3.64. The number of amides is 4. The summed E-state index contributed by atoms with van der Waals surface area (Å²) in [6.45, 7) is 2.20. The van der Waals surface area contributed by atoms with Gasteiger partial charge >= 0.3 is 11.7 Å². The van der Waals surface area contributed by atoms with Gasteiger partial charge in [0.2, 0.25) is 0 Å². The molecule has 0 radical (unpaired) electrons. The van der Waals surface area contributed by atoms with Crippen LogP contribution in [0.25, 0.3) is 0 Å². The van der Waals surface area contributed by atoms with Crippen molar-refractivity contribution in [2.45, 2.75) is 25.9 Å². The van der Waals surface area contributed by atoms with E-state index in [0.29, 0.717) is 29.3 Å². The number of ether oxygens (including phenoxy) is 1. The average molecular weight is 397 g/mol. The van der Waals surface area contributed by atoms with Crippen LogP contribution in [0.5, 0.6) is 0 Å². The van der Waals surface area contributed by atoms with Crippen molar-refractivity contribution in [2.75, 3.05) is 23.4 Å². The average Bonchev–Trinajstić information content (AvgIpc) is 3.31. The molecule has 0 spiro atoms. The molecule has 2 fully saturated rings. The molecular weight excluding hydrogens is 378 g/mol. The zero-order chi connectivity index (χ0) is 20.5. The van der Waals surface area contributed by atoms with Crippen LogP contribution in [0.2, 0.25) is 0 Å². The predicted octanol–water partition coefficient (Wildman–Crippen LogP) is 2.11. The van der Waals surface area contributed by atoms with Gasteiger partial charge in [0.1, 0.15) is 17.4 Å². The molecular formula is C20H19N3O6. The van der Waals surface area contributed by atoms with Gasteiger partial charge in [0.05, 0.1) is 12.2 Å². The van der Waals surface area contributed by atoms with Gasteiger partial charge in [-0.2, -0.15) is 0 Å². The van der Waals surface area contributed by atoms with Crippen LogP contribution in [0.4, 0.5) is 16.2 Å². The molecule has 150 valence electrons. The van der Waals surface area contributed by atoms with Crippen LogP contribution in [-0.2, 0) is 9.53 Å². The van der Waals surface area contributed by atoms with Crippen molar-refractivity contribution < 1.29 is 23.5 Å². The molecule has 2 aliphatic rings. The maximum absolute atomic E-state index is 12.7. The molecule has 2 aromatic rings. The van der Waals surface area contributed by atoms with E-state index in [1.54, 1.807) is 31.2 Å². The lowest BCUT2D eigenvalue weighted by Crippen LogP contribution is -2.30. The molecule has 29 heavy (non-hydrogen) atoms. The van der Waals surface area contributed by atoms with Crippen LogP contribution in [0.3, 0.4) is 0 Å². The molecule has 2 aliphatic heterocycles. The first kappa shape index (κ1) is 18.9. The van der Waals surface area contributed by atoms with Gasteiger partial charge in [0, 0.05) is 12.3 Å². The number of urea groups is 1. The highest BCUT2D eigenvalue weighted by Gasteiger charge is 2.30. The number of nitrogens with one attached hydrogen (secondary N) is 2. The van der Waals surface area contributed by atoms with Crippen LogP contribution < -0.4 is 21.2 Å². The van der Waals surface area contributed by atoms with E-state index >= 15 is 0 Å². The van der Waals surface area contributed by atoms with E-state index < -0.39 is 17.6 Å². The number of benzene rings is 1. The van der Waals surface area contributed by atoms with Gasteiger partial charge in [-0.25, -0.2) is 14.5 Å². The number of carbonyl (C=O) groups is 3. The Balaban J connectivity index is 1.57. The minimum atomic E-state index is -0.738. The fraction of sp³-hybridized carbons (Fsp3) is 0.300. The molecule has 0 saturated carbocycles. The Bertz CT molecular complexity index is 1040. The van der Waals surface area contributed by atoms with E-state index in [1.165, 1.54) is 6.07 Å². The molecule has 4 rings (SSSR count). The van der Waals surface area contributed by atoms with Gasteiger partial charge in [-0.15, -0.1) is 0 Å². The summed E-state index contributed by atoms with van der Waals surface area (Å²) in [6.07, 6.45) is 1.40. The second kappa shape index (κ2) is 7.51. The van der Waals surface area contributed by atoms with Crippen molar-refractivity contribution in [3.05, 3.63) is 57.6 Å². The van der Waals surface area contributed by atoms with Gasteiger partial charge in [0.25, 0.3) is 11.8 Å². The first-order chi connectivity index (χ1) is 13.9. The van der Waals surface area contributed by atoms with E-state index in [9.17, 15) is 19.2 Å². The SMILES string of the molecule is Cc1cc(C2CCCO2)oc(=O)c1C(=O)Nc1cccc(N2C(=O)CNC2=O)c1. The highest BCUT2D eigenvalue weighted by atomic mass is 16.5. The molecule has 1 aromatic heterocycles. The number of anilines is 2. The summed E-state index contributed by atoms with van der Waals surface area (Å²) in [5.41, 5.74) is 0.294. The Morgan fingerprint density at radius 1 is 1.24 bits per heavy atom. The zero-order valence-electron chi connectivity index (χ0n) is 15.7. The molecule has 2 N–H and O–H groups in total. The lowest BCUT2D eigenvalue weighted by molar-refractivity contribution is -0.115. The standard InChI is InChI=1S/C20H19N3O6/c1-11-8-15(14-6-3-7-28-14)29-19(26)17(11)18(25)22-12-4-2-5-13(9-12)23-16(24)10-21-20(23)27/h2,4-5,8-9,14H,3,6-7,10H2,1H3,(H,21,27)(H,22,25). The molecule has 2 saturated heterocycles. The van der Waals surface area contributed by atoms with E-state index in [0.717, 1.165) is 17.7 Å². The number of carbonyl (C=O) groups excluding carboxylic acids is 3. The molecule has 0 aliphatic carbocycles. The van der Waals surface area contributed by atoms with Crippen molar-refractivity contribution in [1.82, 2.24) is 5.32 Å². The van der Waals surface area contributed by atoms with Crippen LogP contribution in [0, 0.1) is 6.92 Å². The van der Waals surface area contributed by atoms with Gasteiger partial charge in [-0.05, 0) is 49.6 Å². The molecule has 3 heterocycles. The summed E-state index contributed by atoms with van der Waals surface area (Å²) in [5, 5.41) is 5.06. The molecule has 1 aromatic carbocycles. The monoisotopic (exact) mass is 397 g/mol. The van der Waals surface area contributed by atoms with E-state index in [2.05, 4.69) is 10.6 Å². The Labute approximate surface area is 165 Å². The minimum Gasteiger partial charge on any atom is -0.424 e. The third-order valence-electron chi connectivity index (χ3n) is 4.85. The first-order valence-corrected chi connectivity index (χ1v) is 9.22. The smallest absolute Gasteiger partial charge is 0.349 e. The number of aryl methyl sites for hydroxylation is 1. The summed E-state index contributed by atoms with van der Waals surface area (Å²) in [4.78, 5) is 49.8. The number of nitrogens with zero attached hydrogens (tertiary/aromatic N) is 1. The lowest BCUT2D eigenvalue weighted by Gasteiger charge is -2.14. The number of imide groups is 1. The Hall–Kier alpha value is -3.46. The summed E-state index contributed by atoms with van der Waals surface area (Å²) < 4.78 is 10.8. The van der Waals surface area contributed by atoms with Crippen molar-refractivity contribution in [2.24, 2.45) is 0 Å². The first-order valence-electron chi connectivity index (χ1n) is 9.22. The van der Waals surface area contributed by atoms with Gasteiger partial charge < -0.3 is 19.8 Å². The van der Waals surface area contributed by atoms with Gasteiger partial charge in [-0.3, -0.25) is 9.59 Å². The van der Waals surface area contributed by atoms with Crippen LogP contribution in [0.15, 0.2) is 39.5 Å². The van der Waals surface area contributed by atoms with E-state index in [4.69, 9.17) is 9.15 Å². The molecule has 9 nitrogen and oxygen atoms in total. The highest BCUT2D eigenvalue weighted by molar-refractivity contribution is 6.20. The van der Waals surface area contributed by atoms with Crippen LogP contribution >= 0.6 is 0 Å². The normalized spacial score (nSPS) is 18.8. The summed E-state index contributed by atoms with van der Waals surface area (Å²) in [5.74, 6) is -0.605. The molecule has 0 bridgehead atoms. The second-order valence-electron chi connectivity index (χ2n) is 6.89. The highest BCUT2D eigenvalue weighted by Crippen LogP contribution is 2.29. The maximum Gasteiger partial charge on any atom is 0.349 e. The molecule has 9 heteroatoms. The molecule has 1 atom stereocenters. The van der Waals surface area contributed by atoms with Crippen molar-refractivity contribution in [3.63, 3.8) is 0 Å². The summed E-state index contributed by atoms with van der Waals surface area (Å²) in [6, 6.07) is 7.37. The summed E-state index contributed by atoms with van der Waals surface area (Å²) >= 11 is 0. The van der Waals surface area contributed by atoms with Crippen LogP contribution in [-0.4, -0.2) is 31.0 Å². The third-order valence-corrected chi connectivity index (χ3v) is 4.85. The van der Waals surface area contributed by atoms with Crippen molar-refractivity contribution in [1.29, 1.82) is 0 Å². The Kier molecular flexibility index (Phi) is 4.89. The fourth-order valence-corrected chi connectivity index (χ4v) is 3.47. The lowest BCUT2D eigenvalue weighted by atomic mass is 10.1. The Morgan fingerprint density at radius 2 is 2.07 bits per heavy atom. The summed E-state index contributed by atoms with van der Waals surface area (Å²) in [7, 11) is 0. The Morgan fingerprint density at radius 3 is 2.72 bits per heavy atom. The maximum atomic E-state index is 12.7. The molecule has 1 unspecified atom stereocenters. The van der Waals surface area contributed by atoms with Crippen molar-refractivity contribution >= 4 is 29.2 Å². The predicted molar refractivity (Wildman–Crippen MR) is 103 cm³/mol. The van der Waals surface area contributed by atoms with Gasteiger partial charge in [0.15, 0.2) is 0 Å². The largest absolute Gasteiger partial charge is 0.424 e. The van der Waals surface area contributed by atoms with E-state index in [-0.39, 0.29) is 24.1 Å². The van der Waals surface area contributed by atoms with E-state index in [1.807, 2.05) is 0 Å². The quantitative estimate of drug-likeness (QED) is 0.763. The van der Waals surface area contributed by atoms with Gasteiger partial charge in [-0.1, -0.05) is 6.07 Å².